The topological polar surface area (TPSA) is 70.4 Å². The summed E-state index contributed by atoms with van der Waals surface area (Å²) in [6.07, 6.45) is -0.0908. The molecule has 1 aliphatic heterocycles. The van der Waals surface area contributed by atoms with Gasteiger partial charge in [-0.1, -0.05) is 0 Å². The monoisotopic (exact) mass is 266 g/mol. The van der Waals surface area contributed by atoms with Crippen molar-refractivity contribution in [3.63, 3.8) is 0 Å². The average Bonchev–Trinajstić information content (AvgIpc) is 2.39. The van der Waals surface area contributed by atoms with E-state index in [4.69, 9.17) is 10.00 Å². The van der Waals surface area contributed by atoms with Crippen LogP contribution in [0.5, 0.6) is 0 Å². The fourth-order valence-corrected chi connectivity index (χ4v) is 3.35. The van der Waals surface area contributed by atoms with Gasteiger partial charge in [0.1, 0.15) is 0 Å². The zero-order chi connectivity index (χ0) is 13.2. The molecule has 1 atom stereocenters. The van der Waals surface area contributed by atoms with Crippen LogP contribution in [0.1, 0.15) is 12.5 Å². The molecule has 1 aromatic carbocycles. The summed E-state index contributed by atoms with van der Waals surface area (Å²) in [6.45, 7) is 2.99. The summed E-state index contributed by atoms with van der Waals surface area (Å²) in [7, 11) is -3.48. The molecule has 0 amide bonds. The molecule has 5 nitrogen and oxygen atoms in total. The summed E-state index contributed by atoms with van der Waals surface area (Å²) in [4.78, 5) is 0.218. The summed E-state index contributed by atoms with van der Waals surface area (Å²) in [5.74, 6) is 0. The molecule has 1 fully saturated rings. The minimum atomic E-state index is -3.48. The Hall–Kier alpha value is -1.42. The normalized spacial score (nSPS) is 21.4. The van der Waals surface area contributed by atoms with E-state index in [1.54, 1.807) is 0 Å². The SMILES string of the molecule is C[C@@H]1CN(S(=O)(=O)c2ccc(C#N)cc2)CCO1. The third kappa shape index (κ3) is 2.53. The van der Waals surface area contributed by atoms with Crippen molar-refractivity contribution in [3.8, 4) is 6.07 Å². The molecule has 0 aliphatic carbocycles. The Labute approximate surface area is 107 Å². The molecule has 96 valence electrons. The first-order valence-corrected chi connectivity index (χ1v) is 7.10. The molecule has 1 aromatic rings. The first-order chi connectivity index (χ1) is 8.54. The van der Waals surface area contributed by atoms with E-state index in [0.29, 0.717) is 25.3 Å². The zero-order valence-electron chi connectivity index (χ0n) is 10.0. The highest BCUT2D eigenvalue weighted by Gasteiger charge is 2.28. The first-order valence-electron chi connectivity index (χ1n) is 5.66. The molecule has 0 unspecified atom stereocenters. The van der Waals surface area contributed by atoms with Crippen molar-refractivity contribution in [2.75, 3.05) is 19.7 Å². The van der Waals surface area contributed by atoms with E-state index in [1.807, 2.05) is 13.0 Å². The molecule has 0 bridgehead atoms. The van der Waals surface area contributed by atoms with Crippen LogP contribution in [0.4, 0.5) is 0 Å². The second-order valence-corrected chi connectivity index (χ2v) is 6.12. The van der Waals surface area contributed by atoms with Crippen molar-refractivity contribution < 1.29 is 13.2 Å². The zero-order valence-corrected chi connectivity index (χ0v) is 10.9. The van der Waals surface area contributed by atoms with Gasteiger partial charge in [-0.25, -0.2) is 8.42 Å². The Bertz CT molecular complexity index is 560. The van der Waals surface area contributed by atoms with E-state index in [2.05, 4.69) is 0 Å². The lowest BCUT2D eigenvalue weighted by Gasteiger charge is -2.30. The molecule has 18 heavy (non-hydrogen) atoms. The van der Waals surface area contributed by atoms with E-state index >= 15 is 0 Å². The van der Waals surface area contributed by atoms with Crippen molar-refractivity contribution >= 4 is 10.0 Å². The highest BCUT2D eigenvalue weighted by Crippen LogP contribution is 2.19. The van der Waals surface area contributed by atoms with Crippen molar-refractivity contribution in [2.45, 2.75) is 17.9 Å². The molecule has 0 N–H and O–H groups in total. The lowest BCUT2D eigenvalue weighted by Crippen LogP contribution is -2.44. The van der Waals surface area contributed by atoms with E-state index in [0.717, 1.165) is 0 Å². The van der Waals surface area contributed by atoms with E-state index in [1.165, 1.54) is 28.6 Å². The second-order valence-electron chi connectivity index (χ2n) is 4.18. The number of ether oxygens (including phenoxy) is 1. The van der Waals surface area contributed by atoms with Gasteiger partial charge in [-0.05, 0) is 31.2 Å². The van der Waals surface area contributed by atoms with Crippen LogP contribution in [0.15, 0.2) is 29.2 Å². The molecule has 1 heterocycles. The maximum atomic E-state index is 12.3. The molecule has 0 saturated carbocycles. The Kier molecular flexibility index (Phi) is 3.66. The van der Waals surface area contributed by atoms with Crippen molar-refractivity contribution in [1.29, 1.82) is 5.26 Å². The fourth-order valence-electron chi connectivity index (χ4n) is 1.86. The smallest absolute Gasteiger partial charge is 0.243 e. The van der Waals surface area contributed by atoms with E-state index in [-0.39, 0.29) is 11.0 Å². The number of morpholine rings is 1. The second kappa shape index (κ2) is 5.06. The van der Waals surface area contributed by atoms with Crippen LogP contribution in [0.25, 0.3) is 0 Å². The number of sulfonamides is 1. The predicted molar refractivity (Wildman–Crippen MR) is 65.3 cm³/mol. The van der Waals surface area contributed by atoms with Crippen LogP contribution in [0, 0.1) is 11.3 Å². The van der Waals surface area contributed by atoms with Crippen LogP contribution in [0.3, 0.4) is 0 Å². The molecule has 0 aromatic heterocycles. The molecular formula is C12H14N2O3S. The third-order valence-corrected chi connectivity index (χ3v) is 4.70. The highest BCUT2D eigenvalue weighted by atomic mass is 32.2. The highest BCUT2D eigenvalue weighted by molar-refractivity contribution is 7.89. The maximum Gasteiger partial charge on any atom is 0.243 e. The molecule has 0 radical (unpaired) electrons. The van der Waals surface area contributed by atoms with Gasteiger partial charge < -0.3 is 4.74 Å². The summed E-state index contributed by atoms with van der Waals surface area (Å²) in [5, 5.41) is 8.69. The lowest BCUT2D eigenvalue weighted by molar-refractivity contribution is 0.0102. The predicted octanol–water partition coefficient (Wildman–Crippen LogP) is 0.968. The minimum absolute atomic E-state index is 0.0908. The van der Waals surface area contributed by atoms with E-state index in [9.17, 15) is 8.42 Å². The van der Waals surface area contributed by atoms with Crippen LogP contribution in [0.2, 0.25) is 0 Å². The Morgan fingerprint density at radius 3 is 2.61 bits per heavy atom. The summed E-state index contributed by atoms with van der Waals surface area (Å²) in [6, 6.07) is 7.92. The Morgan fingerprint density at radius 2 is 2.06 bits per heavy atom. The van der Waals surface area contributed by atoms with Gasteiger partial charge in [-0.3, -0.25) is 0 Å². The van der Waals surface area contributed by atoms with Gasteiger partial charge in [0.15, 0.2) is 0 Å². The Balaban J connectivity index is 2.27. The van der Waals surface area contributed by atoms with Crippen molar-refractivity contribution in [2.24, 2.45) is 0 Å². The van der Waals surface area contributed by atoms with Gasteiger partial charge in [0.25, 0.3) is 0 Å². The molecule has 1 saturated heterocycles. The first kappa shape index (κ1) is 13.0. The third-order valence-electron chi connectivity index (χ3n) is 2.82. The van der Waals surface area contributed by atoms with Gasteiger partial charge in [0.05, 0.1) is 29.2 Å². The molecular weight excluding hydrogens is 252 g/mol. The van der Waals surface area contributed by atoms with Gasteiger partial charge in [-0.2, -0.15) is 9.57 Å². The van der Waals surface area contributed by atoms with Crippen LogP contribution in [-0.2, 0) is 14.8 Å². The minimum Gasteiger partial charge on any atom is -0.376 e. The van der Waals surface area contributed by atoms with Gasteiger partial charge >= 0.3 is 0 Å². The molecule has 6 heteroatoms. The van der Waals surface area contributed by atoms with Crippen molar-refractivity contribution in [3.05, 3.63) is 29.8 Å². The summed E-state index contributed by atoms with van der Waals surface area (Å²) < 4.78 is 31.4. The van der Waals surface area contributed by atoms with Gasteiger partial charge in [0.2, 0.25) is 10.0 Å². The number of hydrogen-bond acceptors (Lipinski definition) is 4. The fraction of sp³-hybridized carbons (Fsp3) is 0.417. The summed E-state index contributed by atoms with van der Waals surface area (Å²) >= 11 is 0. The number of nitriles is 1. The molecule has 0 spiro atoms. The number of hydrogen-bond donors (Lipinski definition) is 0. The van der Waals surface area contributed by atoms with Crippen LogP contribution < -0.4 is 0 Å². The standard InChI is InChI=1S/C12H14N2O3S/c1-10-9-14(6-7-17-10)18(15,16)12-4-2-11(8-13)3-5-12/h2-5,10H,6-7,9H2,1H3/t10-/m1/s1. The van der Waals surface area contributed by atoms with Gasteiger partial charge in [-0.15, -0.1) is 0 Å². The van der Waals surface area contributed by atoms with E-state index < -0.39 is 10.0 Å². The van der Waals surface area contributed by atoms with Crippen LogP contribution >= 0.6 is 0 Å². The van der Waals surface area contributed by atoms with Gasteiger partial charge in [0, 0.05) is 13.1 Å². The molecule has 1 aliphatic rings. The largest absolute Gasteiger partial charge is 0.376 e. The number of nitrogens with zero attached hydrogens (tertiary/aromatic N) is 2. The quantitative estimate of drug-likeness (QED) is 0.799. The number of rotatable bonds is 2. The molecule has 2 rings (SSSR count). The maximum absolute atomic E-state index is 12.3. The summed E-state index contributed by atoms with van der Waals surface area (Å²) in [5.41, 5.74) is 0.448. The van der Waals surface area contributed by atoms with Crippen molar-refractivity contribution in [1.82, 2.24) is 4.31 Å². The lowest BCUT2D eigenvalue weighted by atomic mass is 10.2. The van der Waals surface area contributed by atoms with Crippen LogP contribution in [-0.4, -0.2) is 38.5 Å². The number of benzene rings is 1. The average molecular weight is 266 g/mol. The Morgan fingerprint density at radius 1 is 1.39 bits per heavy atom.